The van der Waals surface area contributed by atoms with Crippen LogP contribution in [0.3, 0.4) is 0 Å². The maximum atomic E-state index is 13.1. The quantitative estimate of drug-likeness (QED) is 0.475. The largest absolute Gasteiger partial charge is 0.461 e. The number of hydrogen-bond acceptors (Lipinski definition) is 6. The molecule has 4 aliphatic carbocycles. The lowest BCUT2D eigenvalue weighted by atomic mass is 9.61. The minimum Gasteiger partial charge on any atom is -0.461 e. The highest BCUT2D eigenvalue weighted by atomic mass is 16.6. The van der Waals surface area contributed by atoms with Crippen molar-refractivity contribution in [2.75, 3.05) is 6.61 Å². The van der Waals surface area contributed by atoms with Crippen molar-refractivity contribution in [3.8, 4) is 0 Å². The average Bonchev–Trinajstić information content (AvgIpc) is 3.11. The highest BCUT2D eigenvalue weighted by Crippen LogP contribution is 2.76. The first-order valence-electron chi connectivity index (χ1n) is 12.7. The summed E-state index contributed by atoms with van der Waals surface area (Å²) in [7, 11) is 0. The molecule has 188 valence electrons. The zero-order valence-corrected chi connectivity index (χ0v) is 21.8. The van der Waals surface area contributed by atoms with Gasteiger partial charge in [-0.2, -0.15) is 0 Å². The van der Waals surface area contributed by atoms with Crippen molar-refractivity contribution in [1.29, 1.82) is 0 Å². The van der Waals surface area contributed by atoms with Gasteiger partial charge < -0.3 is 14.6 Å². The van der Waals surface area contributed by atoms with Crippen LogP contribution < -0.4 is 0 Å². The second kappa shape index (κ2) is 8.04. The Bertz CT molecular complexity index is 973. The highest BCUT2D eigenvalue weighted by Gasteiger charge is 2.82. The number of ketones is 1. The number of rotatable bonds is 5. The highest BCUT2D eigenvalue weighted by molar-refractivity contribution is 6.00. The van der Waals surface area contributed by atoms with Crippen molar-refractivity contribution in [2.45, 2.75) is 79.4 Å². The van der Waals surface area contributed by atoms with E-state index in [1.807, 2.05) is 46.8 Å². The van der Waals surface area contributed by atoms with Gasteiger partial charge in [-0.15, -0.1) is 0 Å². The number of aliphatic hydroxyl groups is 1. The maximum Gasteiger partial charge on any atom is 0.309 e. The molecular formula is C28H40O6. The molecule has 4 aliphatic rings. The van der Waals surface area contributed by atoms with Gasteiger partial charge in [0.25, 0.3) is 0 Å². The third-order valence-corrected chi connectivity index (χ3v) is 9.71. The van der Waals surface area contributed by atoms with E-state index < -0.39 is 11.2 Å². The Kier molecular flexibility index (Phi) is 5.95. The predicted molar refractivity (Wildman–Crippen MR) is 127 cm³/mol. The Morgan fingerprint density at radius 2 is 1.82 bits per heavy atom. The number of carbonyl (C=O) groups is 3. The van der Waals surface area contributed by atoms with E-state index in [2.05, 4.69) is 13.8 Å². The van der Waals surface area contributed by atoms with Crippen molar-refractivity contribution in [3.63, 3.8) is 0 Å². The fourth-order valence-corrected chi connectivity index (χ4v) is 7.26. The number of ether oxygens (including phenoxy) is 2. The van der Waals surface area contributed by atoms with Crippen molar-refractivity contribution in [3.05, 3.63) is 23.3 Å². The SMILES string of the molecule is CC(=O)OCC1=C[C@H]2[C@@H]3C(C)(C)[C@]3(OC(=O)[C@H](C)C(C)C)C[C@@H](C)[C@]2(O)[C@@H]2C=C(C)C(=O)[C@@H]2C1. The van der Waals surface area contributed by atoms with E-state index in [0.717, 1.165) is 5.57 Å². The second-order valence-corrected chi connectivity index (χ2v) is 12.2. The third-order valence-electron chi connectivity index (χ3n) is 9.71. The summed E-state index contributed by atoms with van der Waals surface area (Å²) in [5, 5.41) is 12.4. The van der Waals surface area contributed by atoms with Crippen LogP contribution in [-0.2, 0) is 23.9 Å². The zero-order valence-electron chi connectivity index (χ0n) is 21.8. The van der Waals surface area contributed by atoms with Crippen molar-refractivity contribution in [2.24, 2.45) is 46.8 Å². The molecule has 34 heavy (non-hydrogen) atoms. The first kappa shape index (κ1) is 25.2. The molecule has 0 saturated heterocycles. The van der Waals surface area contributed by atoms with E-state index in [1.54, 1.807) is 0 Å². The predicted octanol–water partition coefficient (Wildman–Crippen LogP) is 4.26. The summed E-state index contributed by atoms with van der Waals surface area (Å²) in [5.74, 6) is -1.81. The first-order valence-corrected chi connectivity index (χ1v) is 12.7. The van der Waals surface area contributed by atoms with Gasteiger partial charge in [0.1, 0.15) is 12.2 Å². The van der Waals surface area contributed by atoms with Crippen LogP contribution in [0.15, 0.2) is 23.3 Å². The molecule has 2 saturated carbocycles. The van der Waals surface area contributed by atoms with Gasteiger partial charge in [0.2, 0.25) is 0 Å². The van der Waals surface area contributed by atoms with Crippen molar-refractivity contribution >= 4 is 17.7 Å². The van der Waals surface area contributed by atoms with E-state index in [-0.39, 0.29) is 71.2 Å². The van der Waals surface area contributed by atoms with Gasteiger partial charge in [0.05, 0.1) is 11.5 Å². The molecule has 0 aromatic rings. The molecule has 0 aromatic carbocycles. The lowest BCUT2D eigenvalue weighted by molar-refractivity contribution is -0.177. The molecule has 0 heterocycles. The first-order chi connectivity index (χ1) is 15.7. The molecule has 0 amide bonds. The van der Waals surface area contributed by atoms with Gasteiger partial charge >= 0.3 is 11.9 Å². The summed E-state index contributed by atoms with van der Waals surface area (Å²) < 4.78 is 11.7. The molecule has 0 unspecified atom stereocenters. The Morgan fingerprint density at radius 1 is 1.18 bits per heavy atom. The molecule has 0 radical (unpaired) electrons. The molecule has 6 nitrogen and oxygen atoms in total. The summed E-state index contributed by atoms with van der Waals surface area (Å²) in [6.45, 7) is 15.5. The van der Waals surface area contributed by atoms with Crippen molar-refractivity contribution in [1.82, 2.24) is 0 Å². The van der Waals surface area contributed by atoms with E-state index in [4.69, 9.17) is 9.47 Å². The molecule has 6 heteroatoms. The summed E-state index contributed by atoms with van der Waals surface area (Å²) in [5.41, 5.74) is -0.586. The van der Waals surface area contributed by atoms with Crippen molar-refractivity contribution < 1.29 is 29.0 Å². The molecular weight excluding hydrogens is 432 g/mol. The zero-order chi connectivity index (χ0) is 25.4. The lowest BCUT2D eigenvalue weighted by Gasteiger charge is -2.49. The normalized spacial score (nSPS) is 40.8. The molecule has 0 bridgehead atoms. The topological polar surface area (TPSA) is 89.9 Å². The van der Waals surface area contributed by atoms with Gasteiger partial charge in [0.15, 0.2) is 5.78 Å². The Labute approximate surface area is 203 Å². The Balaban J connectivity index is 1.78. The van der Waals surface area contributed by atoms with Gasteiger partial charge in [0, 0.05) is 36.0 Å². The average molecular weight is 473 g/mol. The Hall–Kier alpha value is -1.95. The summed E-state index contributed by atoms with van der Waals surface area (Å²) in [6, 6.07) is 0. The molecule has 2 fully saturated rings. The van der Waals surface area contributed by atoms with Crippen LogP contribution in [0.2, 0.25) is 0 Å². The summed E-state index contributed by atoms with van der Waals surface area (Å²) in [4.78, 5) is 37.7. The third kappa shape index (κ3) is 3.42. The number of esters is 2. The van der Waals surface area contributed by atoms with E-state index in [1.165, 1.54) is 6.92 Å². The van der Waals surface area contributed by atoms with Gasteiger partial charge in [-0.05, 0) is 42.7 Å². The number of Topliss-reactive ketones (excluding diaryl/α,β-unsaturated/α-hetero) is 1. The minimum atomic E-state index is -1.14. The summed E-state index contributed by atoms with van der Waals surface area (Å²) >= 11 is 0. The number of hydrogen-bond donors (Lipinski definition) is 1. The number of fused-ring (bicyclic) bond motifs is 5. The van der Waals surface area contributed by atoms with E-state index in [0.29, 0.717) is 18.4 Å². The van der Waals surface area contributed by atoms with Gasteiger partial charge in [-0.1, -0.05) is 53.7 Å². The number of allylic oxidation sites excluding steroid dienone is 1. The van der Waals surface area contributed by atoms with E-state index >= 15 is 0 Å². The van der Waals surface area contributed by atoms with Crippen LogP contribution in [0.4, 0.5) is 0 Å². The van der Waals surface area contributed by atoms with Crippen LogP contribution in [0.25, 0.3) is 0 Å². The monoisotopic (exact) mass is 472 g/mol. The minimum absolute atomic E-state index is 0.0593. The molecule has 0 aromatic heterocycles. The van der Waals surface area contributed by atoms with Gasteiger partial charge in [-0.25, -0.2) is 0 Å². The lowest BCUT2D eigenvalue weighted by Crippen LogP contribution is -2.56. The molecule has 0 spiro atoms. The maximum absolute atomic E-state index is 13.1. The molecule has 0 aliphatic heterocycles. The Morgan fingerprint density at radius 3 is 2.41 bits per heavy atom. The van der Waals surface area contributed by atoms with Crippen LogP contribution in [0, 0.1) is 46.8 Å². The fraction of sp³-hybridized carbons (Fsp3) is 0.750. The van der Waals surface area contributed by atoms with Gasteiger partial charge in [-0.3, -0.25) is 14.4 Å². The molecule has 8 atom stereocenters. The van der Waals surface area contributed by atoms with Crippen LogP contribution in [-0.4, -0.2) is 40.6 Å². The smallest absolute Gasteiger partial charge is 0.309 e. The fourth-order valence-electron chi connectivity index (χ4n) is 7.26. The summed E-state index contributed by atoms with van der Waals surface area (Å²) in [6.07, 6.45) is 5.02. The van der Waals surface area contributed by atoms with E-state index in [9.17, 15) is 19.5 Å². The molecule has 1 N–H and O–H groups in total. The van der Waals surface area contributed by atoms with Crippen LogP contribution in [0.5, 0.6) is 0 Å². The van der Waals surface area contributed by atoms with Crippen LogP contribution in [0.1, 0.15) is 68.2 Å². The number of carbonyl (C=O) groups excluding carboxylic acids is 3. The standard InChI is InChI=1S/C28H40O6/c1-14(2)17(5)25(31)34-27-12-16(4)28(32)21-9-15(3)23(30)20(21)10-19(13-33-18(6)29)11-22(28)24(27)26(27,7)8/h9,11,14,16-17,20-22,24,32H,10,12-13H2,1-8H3/t16-,17-,20-,21-,22+,24-,27+,28+/m1/s1. The second-order valence-electron chi connectivity index (χ2n) is 12.2. The molecule has 4 rings (SSSR count). The van der Waals surface area contributed by atoms with Crippen LogP contribution >= 0.6 is 0 Å².